The molecule has 142 valence electrons. The number of aryl methyl sites for hydroxylation is 1. The number of hydrogen-bond acceptors (Lipinski definition) is 3. The molecule has 0 aliphatic rings. The monoisotopic (exact) mass is 364 g/mol. The van der Waals surface area contributed by atoms with E-state index in [1.807, 2.05) is 63.2 Å². The molecule has 0 bridgehead atoms. The number of benzene rings is 3. The predicted octanol–water partition coefficient (Wildman–Crippen LogP) is 5.57. The Morgan fingerprint density at radius 2 is 1.22 bits per heavy atom. The van der Waals surface area contributed by atoms with Gasteiger partial charge < -0.3 is 15.3 Å². The molecule has 3 aromatic rings. The summed E-state index contributed by atoms with van der Waals surface area (Å²) in [5.41, 5.74) is 4.36. The third-order valence-corrected chi connectivity index (χ3v) is 4.50. The van der Waals surface area contributed by atoms with E-state index in [0.717, 1.165) is 34.2 Å². The summed E-state index contributed by atoms with van der Waals surface area (Å²) in [4.78, 5) is 0. The Labute approximate surface area is 161 Å². The Bertz CT molecular complexity index is 885. The summed E-state index contributed by atoms with van der Waals surface area (Å²) < 4.78 is 0. The van der Waals surface area contributed by atoms with Crippen molar-refractivity contribution < 1.29 is 15.3 Å². The van der Waals surface area contributed by atoms with E-state index in [1.54, 1.807) is 18.2 Å². The molecule has 0 fully saturated rings. The van der Waals surface area contributed by atoms with Crippen LogP contribution in [0.2, 0.25) is 0 Å². The topological polar surface area (TPSA) is 60.7 Å². The molecule has 0 amide bonds. The molecule has 0 atom stereocenters. The summed E-state index contributed by atoms with van der Waals surface area (Å²) in [7, 11) is 0. The maximum Gasteiger partial charge on any atom is 0.122 e. The lowest BCUT2D eigenvalue weighted by Gasteiger charge is -2.12. The molecule has 3 heteroatoms. The van der Waals surface area contributed by atoms with Crippen molar-refractivity contribution in [2.24, 2.45) is 0 Å². The number of para-hydroxylation sites is 2. The van der Waals surface area contributed by atoms with Gasteiger partial charge in [-0.3, -0.25) is 0 Å². The normalized spacial score (nSPS) is 10.2. The summed E-state index contributed by atoms with van der Waals surface area (Å²) in [6.07, 6.45) is 1.83. The van der Waals surface area contributed by atoms with Crippen LogP contribution in [0.15, 0.2) is 60.7 Å². The molecule has 27 heavy (non-hydrogen) atoms. The van der Waals surface area contributed by atoms with Crippen LogP contribution >= 0.6 is 0 Å². The van der Waals surface area contributed by atoms with Crippen LogP contribution < -0.4 is 0 Å². The minimum atomic E-state index is 0.235. The van der Waals surface area contributed by atoms with Crippen LogP contribution in [-0.2, 0) is 19.3 Å². The smallest absolute Gasteiger partial charge is 0.122 e. The van der Waals surface area contributed by atoms with Crippen molar-refractivity contribution in [3.8, 4) is 17.2 Å². The second-order valence-electron chi connectivity index (χ2n) is 6.22. The van der Waals surface area contributed by atoms with Crippen molar-refractivity contribution in [2.45, 2.75) is 40.0 Å². The average Bonchev–Trinajstić information content (AvgIpc) is 2.69. The third kappa shape index (κ3) is 5.04. The lowest BCUT2D eigenvalue weighted by molar-refractivity contribution is 0.459. The molecule has 0 aliphatic carbocycles. The molecule has 0 heterocycles. The minimum Gasteiger partial charge on any atom is -0.508 e. The molecule has 3 N–H and O–H groups in total. The fourth-order valence-electron chi connectivity index (χ4n) is 3.05. The highest BCUT2D eigenvalue weighted by Gasteiger charge is 2.11. The number of rotatable bonds is 5. The Morgan fingerprint density at radius 1 is 0.630 bits per heavy atom. The molecule has 0 saturated carbocycles. The van der Waals surface area contributed by atoms with Crippen LogP contribution in [-0.4, -0.2) is 15.3 Å². The Balaban J connectivity index is 0.00000126. The summed E-state index contributed by atoms with van der Waals surface area (Å²) in [5, 5.41) is 30.4. The molecule has 0 radical (unpaired) electrons. The van der Waals surface area contributed by atoms with Gasteiger partial charge in [0.15, 0.2) is 0 Å². The molecule has 0 aromatic heterocycles. The van der Waals surface area contributed by atoms with E-state index in [0.29, 0.717) is 18.6 Å². The van der Waals surface area contributed by atoms with Gasteiger partial charge in [-0.1, -0.05) is 69.3 Å². The fourth-order valence-corrected chi connectivity index (χ4v) is 3.05. The van der Waals surface area contributed by atoms with Crippen molar-refractivity contribution in [1.29, 1.82) is 0 Å². The highest BCUT2D eigenvalue weighted by atomic mass is 16.3. The van der Waals surface area contributed by atoms with Gasteiger partial charge in [0.25, 0.3) is 0 Å². The molecule has 0 unspecified atom stereocenters. The zero-order chi connectivity index (χ0) is 19.8. The molecule has 0 saturated heterocycles. The molecule has 0 spiro atoms. The van der Waals surface area contributed by atoms with E-state index in [1.165, 1.54) is 0 Å². The van der Waals surface area contributed by atoms with E-state index in [2.05, 4.69) is 0 Å². The van der Waals surface area contributed by atoms with Gasteiger partial charge >= 0.3 is 0 Å². The van der Waals surface area contributed by atoms with Gasteiger partial charge in [0, 0.05) is 12.8 Å². The van der Waals surface area contributed by atoms with E-state index in [4.69, 9.17) is 0 Å². The molecule has 0 aliphatic heterocycles. The third-order valence-electron chi connectivity index (χ3n) is 4.50. The van der Waals surface area contributed by atoms with Gasteiger partial charge in [0.05, 0.1) is 0 Å². The minimum absolute atomic E-state index is 0.235. The first-order valence-electron chi connectivity index (χ1n) is 9.46. The second kappa shape index (κ2) is 9.67. The van der Waals surface area contributed by atoms with Gasteiger partial charge in [-0.25, -0.2) is 0 Å². The standard InChI is InChI=1S/C22H22O3.C2H6/c1-2-16-12-15(10-11-21(16)24)13-18-7-5-8-19(22(18)25)14-17-6-3-4-9-20(17)23;1-2/h3-12,23-25H,2,13-14H2,1H3;1-2H3. The van der Waals surface area contributed by atoms with Crippen molar-refractivity contribution in [3.63, 3.8) is 0 Å². The van der Waals surface area contributed by atoms with E-state index in [-0.39, 0.29) is 11.5 Å². The first-order chi connectivity index (χ1) is 13.1. The molecule has 3 rings (SSSR count). The largest absolute Gasteiger partial charge is 0.508 e. The number of aromatic hydroxyl groups is 3. The summed E-state index contributed by atoms with van der Waals surface area (Å²) in [6, 6.07) is 18.4. The molecular weight excluding hydrogens is 336 g/mol. The van der Waals surface area contributed by atoms with Crippen LogP contribution in [0.4, 0.5) is 0 Å². The Hall–Kier alpha value is -2.94. The number of hydrogen-bond donors (Lipinski definition) is 3. The summed E-state index contributed by atoms with van der Waals surface area (Å²) in [6.45, 7) is 6.00. The lowest BCUT2D eigenvalue weighted by atomic mass is 9.96. The van der Waals surface area contributed by atoms with E-state index >= 15 is 0 Å². The maximum absolute atomic E-state index is 10.7. The SMILES string of the molecule is CC.CCc1cc(Cc2cccc(Cc3ccccc3O)c2O)ccc1O. The zero-order valence-corrected chi connectivity index (χ0v) is 16.2. The number of phenolic OH excluding ortho intramolecular Hbond substituents is 3. The first kappa shape index (κ1) is 20.4. The summed E-state index contributed by atoms with van der Waals surface area (Å²) >= 11 is 0. The van der Waals surface area contributed by atoms with Gasteiger partial charge in [-0.05, 0) is 46.4 Å². The van der Waals surface area contributed by atoms with Crippen LogP contribution in [0.1, 0.15) is 48.6 Å². The van der Waals surface area contributed by atoms with Gasteiger partial charge in [-0.2, -0.15) is 0 Å². The first-order valence-corrected chi connectivity index (χ1v) is 9.46. The molecular formula is C24H28O3. The average molecular weight is 364 g/mol. The van der Waals surface area contributed by atoms with E-state index < -0.39 is 0 Å². The van der Waals surface area contributed by atoms with Gasteiger partial charge in [0.1, 0.15) is 17.2 Å². The van der Waals surface area contributed by atoms with Crippen molar-refractivity contribution in [3.05, 3.63) is 88.5 Å². The number of phenols is 3. The lowest BCUT2D eigenvalue weighted by Crippen LogP contribution is -1.95. The zero-order valence-electron chi connectivity index (χ0n) is 16.2. The van der Waals surface area contributed by atoms with Crippen LogP contribution in [0.5, 0.6) is 17.2 Å². The second-order valence-corrected chi connectivity index (χ2v) is 6.22. The van der Waals surface area contributed by atoms with Crippen molar-refractivity contribution in [2.75, 3.05) is 0 Å². The van der Waals surface area contributed by atoms with Crippen molar-refractivity contribution in [1.82, 2.24) is 0 Å². The van der Waals surface area contributed by atoms with E-state index in [9.17, 15) is 15.3 Å². The fraction of sp³-hybridized carbons (Fsp3) is 0.250. The predicted molar refractivity (Wildman–Crippen MR) is 111 cm³/mol. The molecule has 3 nitrogen and oxygen atoms in total. The Kier molecular flexibility index (Phi) is 7.30. The van der Waals surface area contributed by atoms with Gasteiger partial charge in [-0.15, -0.1) is 0 Å². The van der Waals surface area contributed by atoms with Crippen LogP contribution in [0, 0.1) is 0 Å². The highest BCUT2D eigenvalue weighted by molar-refractivity contribution is 5.47. The van der Waals surface area contributed by atoms with Crippen LogP contribution in [0.3, 0.4) is 0 Å². The quantitative estimate of drug-likeness (QED) is 0.554. The van der Waals surface area contributed by atoms with Crippen LogP contribution in [0.25, 0.3) is 0 Å². The highest BCUT2D eigenvalue weighted by Crippen LogP contribution is 2.30. The summed E-state index contributed by atoms with van der Waals surface area (Å²) in [5.74, 6) is 0.805. The van der Waals surface area contributed by atoms with Crippen molar-refractivity contribution >= 4 is 0 Å². The maximum atomic E-state index is 10.7. The Morgan fingerprint density at radius 3 is 1.89 bits per heavy atom. The van der Waals surface area contributed by atoms with Gasteiger partial charge in [0.2, 0.25) is 0 Å². The molecule has 3 aromatic carbocycles.